The van der Waals surface area contributed by atoms with Gasteiger partial charge in [0.15, 0.2) is 0 Å². The van der Waals surface area contributed by atoms with E-state index in [0.29, 0.717) is 6.54 Å². The molecule has 0 aromatic carbocycles. The Morgan fingerprint density at radius 2 is 2.44 bits per heavy atom. The summed E-state index contributed by atoms with van der Waals surface area (Å²) in [6.07, 6.45) is 3.84. The first-order chi connectivity index (χ1) is 7.46. The Morgan fingerprint density at radius 3 is 3.00 bits per heavy atom. The summed E-state index contributed by atoms with van der Waals surface area (Å²) in [5, 5.41) is 4.11. The summed E-state index contributed by atoms with van der Waals surface area (Å²) in [5.74, 6) is 0. The molecule has 0 radical (unpaired) electrons. The molecular weight excluding hydrogens is 319 g/mol. The van der Waals surface area contributed by atoms with Crippen molar-refractivity contribution in [2.45, 2.75) is 44.9 Å². The maximum absolute atomic E-state index is 11.6. The van der Waals surface area contributed by atoms with E-state index in [1.54, 1.807) is 12.3 Å². The van der Waals surface area contributed by atoms with Crippen LogP contribution in [0.1, 0.15) is 26.7 Å². The minimum Gasteiger partial charge on any atom is -0.370 e. The second-order valence-corrected chi connectivity index (χ2v) is 5.98. The van der Waals surface area contributed by atoms with E-state index < -0.39 is 0 Å². The van der Waals surface area contributed by atoms with Crippen molar-refractivity contribution in [3.63, 3.8) is 0 Å². The van der Waals surface area contributed by atoms with Crippen molar-refractivity contribution in [1.82, 2.24) is 9.78 Å². The molecule has 5 heteroatoms. The van der Waals surface area contributed by atoms with Crippen LogP contribution in [-0.4, -0.2) is 21.5 Å². The number of nitrogens with zero attached hydrogens (tertiary/aromatic N) is 2. The third kappa shape index (κ3) is 2.82. The van der Waals surface area contributed by atoms with E-state index in [4.69, 9.17) is 4.74 Å². The van der Waals surface area contributed by atoms with Crippen LogP contribution in [0.15, 0.2) is 17.1 Å². The molecule has 1 aromatic rings. The topological polar surface area (TPSA) is 44.1 Å². The van der Waals surface area contributed by atoms with E-state index in [1.807, 2.05) is 0 Å². The summed E-state index contributed by atoms with van der Waals surface area (Å²) in [6.45, 7) is 4.72. The van der Waals surface area contributed by atoms with Gasteiger partial charge in [0, 0.05) is 9.64 Å². The van der Waals surface area contributed by atoms with Crippen LogP contribution >= 0.6 is 22.6 Å². The second-order valence-electron chi connectivity index (χ2n) is 4.73. The lowest BCUT2D eigenvalue weighted by molar-refractivity contribution is -0.0235. The van der Waals surface area contributed by atoms with Crippen LogP contribution in [0.5, 0.6) is 0 Å². The Morgan fingerprint density at radius 1 is 1.69 bits per heavy atom. The third-order valence-electron chi connectivity index (χ3n) is 2.77. The highest BCUT2D eigenvalue weighted by Crippen LogP contribution is 2.29. The Labute approximate surface area is 108 Å². The molecule has 0 bridgehead atoms. The number of hydrogen-bond donors (Lipinski definition) is 0. The number of halogens is 1. The highest BCUT2D eigenvalue weighted by molar-refractivity contribution is 14.1. The Hall–Kier alpha value is -0.430. The lowest BCUT2D eigenvalue weighted by Crippen LogP contribution is -2.30. The number of hydrogen-bond acceptors (Lipinski definition) is 3. The minimum absolute atomic E-state index is 0.0554. The molecule has 1 aliphatic rings. The summed E-state index contributed by atoms with van der Waals surface area (Å²) in [4.78, 5) is 11.6. The smallest absolute Gasteiger partial charge is 0.267 e. The lowest BCUT2D eigenvalue weighted by atomic mass is 10.1. The molecule has 0 N–H and O–H groups in total. The zero-order valence-electron chi connectivity index (χ0n) is 9.44. The van der Waals surface area contributed by atoms with Crippen LogP contribution in [0, 0.1) is 3.57 Å². The lowest BCUT2D eigenvalue weighted by Gasteiger charge is -2.19. The molecule has 2 heterocycles. The number of rotatable bonds is 2. The average Bonchev–Trinajstić information content (AvgIpc) is 2.51. The minimum atomic E-state index is -0.0581. The normalized spacial score (nSPS) is 23.6. The van der Waals surface area contributed by atoms with Gasteiger partial charge in [0.1, 0.15) is 0 Å². The summed E-state index contributed by atoms with van der Waals surface area (Å²) in [6, 6.07) is 1.59. The molecule has 0 saturated carbocycles. The highest BCUT2D eigenvalue weighted by Gasteiger charge is 2.31. The van der Waals surface area contributed by atoms with E-state index in [2.05, 4.69) is 41.5 Å². The molecule has 0 amide bonds. The molecule has 1 saturated heterocycles. The molecule has 1 aromatic heterocycles. The highest BCUT2D eigenvalue weighted by atomic mass is 127. The van der Waals surface area contributed by atoms with Gasteiger partial charge in [-0.3, -0.25) is 4.79 Å². The van der Waals surface area contributed by atoms with Gasteiger partial charge in [-0.1, -0.05) is 0 Å². The maximum Gasteiger partial charge on any atom is 0.267 e. The second kappa shape index (κ2) is 4.44. The van der Waals surface area contributed by atoms with Crippen LogP contribution in [0.4, 0.5) is 0 Å². The maximum atomic E-state index is 11.6. The summed E-state index contributed by atoms with van der Waals surface area (Å²) in [7, 11) is 0. The van der Waals surface area contributed by atoms with Crippen LogP contribution in [0.2, 0.25) is 0 Å². The summed E-state index contributed by atoms with van der Waals surface area (Å²) in [5.41, 5.74) is -0.113. The fourth-order valence-corrected chi connectivity index (χ4v) is 2.34. The number of ether oxygens (including phenoxy) is 1. The van der Waals surface area contributed by atoms with Crippen molar-refractivity contribution in [2.24, 2.45) is 0 Å². The van der Waals surface area contributed by atoms with Crippen molar-refractivity contribution >= 4 is 22.6 Å². The van der Waals surface area contributed by atoms with Crippen LogP contribution in [-0.2, 0) is 11.3 Å². The first-order valence-corrected chi connectivity index (χ1v) is 6.45. The van der Waals surface area contributed by atoms with Gasteiger partial charge in [-0.05, 0) is 49.3 Å². The van der Waals surface area contributed by atoms with Gasteiger partial charge in [-0.2, -0.15) is 5.10 Å². The van der Waals surface area contributed by atoms with Crippen molar-refractivity contribution < 1.29 is 4.74 Å². The zero-order valence-corrected chi connectivity index (χ0v) is 11.6. The molecular formula is C11H15IN2O2. The van der Waals surface area contributed by atoms with Gasteiger partial charge in [0.25, 0.3) is 5.56 Å². The Bertz CT molecular complexity index is 442. The van der Waals surface area contributed by atoms with Crippen LogP contribution < -0.4 is 5.56 Å². The predicted octanol–water partition coefficient (Wildman–Crippen LogP) is 1.81. The first kappa shape index (κ1) is 12.0. The van der Waals surface area contributed by atoms with Crippen molar-refractivity contribution in [2.75, 3.05) is 0 Å². The van der Waals surface area contributed by atoms with Crippen LogP contribution in [0.25, 0.3) is 0 Å². The number of aromatic nitrogens is 2. The molecule has 2 rings (SSSR count). The Kier molecular flexibility index (Phi) is 3.34. The molecule has 0 aliphatic carbocycles. The van der Waals surface area contributed by atoms with Crippen molar-refractivity contribution in [1.29, 1.82) is 0 Å². The van der Waals surface area contributed by atoms with Gasteiger partial charge >= 0.3 is 0 Å². The molecule has 1 fully saturated rings. The molecule has 88 valence electrons. The standard InChI is InChI=1S/C11H15IN2O2/c1-11(2)4-3-9(16-11)7-14-10(15)5-8(12)6-13-14/h5-6,9H,3-4,7H2,1-2H3. The summed E-state index contributed by atoms with van der Waals surface area (Å²) >= 11 is 2.09. The fraction of sp³-hybridized carbons (Fsp3) is 0.636. The van der Waals surface area contributed by atoms with Gasteiger partial charge in [-0.25, -0.2) is 4.68 Å². The molecule has 4 nitrogen and oxygen atoms in total. The van der Waals surface area contributed by atoms with Gasteiger partial charge in [0.05, 0.1) is 24.4 Å². The fourth-order valence-electron chi connectivity index (χ4n) is 1.95. The van der Waals surface area contributed by atoms with E-state index in [9.17, 15) is 4.79 Å². The average molecular weight is 334 g/mol. The zero-order chi connectivity index (χ0) is 11.8. The van der Waals surface area contributed by atoms with Gasteiger partial charge < -0.3 is 4.74 Å². The molecule has 1 atom stereocenters. The predicted molar refractivity (Wildman–Crippen MR) is 69.4 cm³/mol. The molecule has 0 spiro atoms. The van der Waals surface area contributed by atoms with E-state index in [1.165, 1.54) is 4.68 Å². The van der Waals surface area contributed by atoms with E-state index >= 15 is 0 Å². The SMILES string of the molecule is CC1(C)CCC(Cn2ncc(I)cc2=O)O1. The monoisotopic (exact) mass is 334 g/mol. The van der Waals surface area contributed by atoms with E-state index in [0.717, 1.165) is 16.4 Å². The van der Waals surface area contributed by atoms with E-state index in [-0.39, 0.29) is 17.3 Å². The molecule has 1 unspecified atom stereocenters. The van der Waals surface area contributed by atoms with Crippen molar-refractivity contribution in [3.05, 3.63) is 26.2 Å². The largest absolute Gasteiger partial charge is 0.370 e. The first-order valence-electron chi connectivity index (χ1n) is 5.37. The third-order valence-corrected chi connectivity index (χ3v) is 3.36. The van der Waals surface area contributed by atoms with Gasteiger partial charge in [-0.15, -0.1) is 0 Å². The van der Waals surface area contributed by atoms with Crippen LogP contribution in [0.3, 0.4) is 0 Å². The van der Waals surface area contributed by atoms with Gasteiger partial charge in [0.2, 0.25) is 0 Å². The molecule has 1 aliphatic heterocycles. The summed E-state index contributed by atoms with van der Waals surface area (Å²) < 4.78 is 8.18. The van der Waals surface area contributed by atoms with Crippen molar-refractivity contribution in [3.8, 4) is 0 Å². The molecule has 16 heavy (non-hydrogen) atoms. The Balaban J connectivity index is 2.08. The quantitative estimate of drug-likeness (QED) is 0.775.